The lowest BCUT2D eigenvalue weighted by Gasteiger charge is -2.27. The Bertz CT molecular complexity index is 377. The van der Waals surface area contributed by atoms with E-state index >= 15 is 0 Å². The zero-order chi connectivity index (χ0) is 11.5. The van der Waals surface area contributed by atoms with Crippen molar-refractivity contribution >= 4 is 17.5 Å². The van der Waals surface area contributed by atoms with Crippen LogP contribution < -0.4 is 5.32 Å². The quantitative estimate of drug-likeness (QED) is 0.855. The van der Waals surface area contributed by atoms with E-state index in [-0.39, 0.29) is 18.1 Å². The molecule has 3 nitrogen and oxygen atoms in total. The number of hydrogen-bond donors (Lipinski definition) is 1. The second kappa shape index (κ2) is 4.85. The summed E-state index contributed by atoms with van der Waals surface area (Å²) in [7, 11) is 0. The summed E-state index contributed by atoms with van der Waals surface area (Å²) in [6.07, 6.45) is 0.441. The lowest BCUT2D eigenvalue weighted by Crippen LogP contribution is -2.50. The number of hydrogen-bond acceptors (Lipinski definition) is 2. The van der Waals surface area contributed by atoms with E-state index in [2.05, 4.69) is 5.32 Å². The minimum Gasteiger partial charge on any atom is -0.367 e. The summed E-state index contributed by atoms with van der Waals surface area (Å²) in [6.45, 7) is 2.32. The first-order chi connectivity index (χ1) is 7.65. The third-order valence-electron chi connectivity index (χ3n) is 2.66. The molecule has 1 N–H and O–H groups in total. The van der Waals surface area contributed by atoms with E-state index in [1.807, 2.05) is 24.3 Å². The second-order valence-corrected chi connectivity index (χ2v) is 4.45. The Morgan fingerprint density at radius 1 is 1.44 bits per heavy atom. The fraction of sp³-hybridized carbons (Fsp3) is 0.417. The average Bonchev–Trinajstić information content (AvgIpc) is 2.27. The van der Waals surface area contributed by atoms with E-state index in [1.165, 1.54) is 0 Å². The molecule has 0 bridgehead atoms. The largest absolute Gasteiger partial charge is 0.367 e. The number of halogens is 1. The van der Waals surface area contributed by atoms with Crippen LogP contribution in [0.1, 0.15) is 12.5 Å². The Balaban J connectivity index is 1.95. The molecule has 2 atom stereocenters. The maximum atomic E-state index is 11.4. The van der Waals surface area contributed by atoms with E-state index < -0.39 is 0 Å². The van der Waals surface area contributed by atoms with E-state index in [1.54, 1.807) is 6.92 Å². The van der Waals surface area contributed by atoms with Gasteiger partial charge in [0.25, 0.3) is 0 Å². The third-order valence-corrected chi connectivity index (χ3v) is 2.91. The van der Waals surface area contributed by atoms with Crippen molar-refractivity contribution in [2.75, 3.05) is 6.61 Å². The normalized spacial score (nSPS) is 25.2. The number of rotatable bonds is 2. The maximum absolute atomic E-state index is 11.4. The van der Waals surface area contributed by atoms with Crippen LogP contribution in [0.2, 0.25) is 5.02 Å². The molecule has 1 aromatic carbocycles. The molecule has 0 aliphatic carbocycles. The maximum Gasteiger partial charge on any atom is 0.249 e. The van der Waals surface area contributed by atoms with Crippen LogP contribution in [0.3, 0.4) is 0 Å². The molecule has 2 rings (SSSR count). The van der Waals surface area contributed by atoms with Crippen molar-refractivity contribution in [1.29, 1.82) is 0 Å². The fourth-order valence-electron chi connectivity index (χ4n) is 1.71. The van der Waals surface area contributed by atoms with Crippen molar-refractivity contribution in [3.8, 4) is 0 Å². The summed E-state index contributed by atoms with van der Waals surface area (Å²) < 4.78 is 5.36. The molecule has 1 heterocycles. The minimum absolute atomic E-state index is 0.0368. The topological polar surface area (TPSA) is 38.3 Å². The molecule has 0 radical (unpaired) electrons. The van der Waals surface area contributed by atoms with Crippen LogP contribution in [0.25, 0.3) is 0 Å². The molecule has 4 heteroatoms. The fourth-order valence-corrected chi connectivity index (χ4v) is 1.84. The van der Waals surface area contributed by atoms with Gasteiger partial charge in [0.1, 0.15) is 6.10 Å². The third kappa shape index (κ3) is 2.74. The Morgan fingerprint density at radius 3 is 2.75 bits per heavy atom. The van der Waals surface area contributed by atoms with Gasteiger partial charge in [-0.2, -0.15) is 0 Å². The molecule has 1 aliphatic heterocycles. The highest BCUT2D eigenvalue weighted by atomic mass is 35.5. The number of morpholine rings is 1. The van der Waals surface area contributed by atoms with Gasteiger partial charge in [-0.1, -0.05) is 23.7 Å². The number of carbonyl (C=O) groups excluding carboxylic acids is 1. The predicted octanol–water partition coefficient (Wildman–Crippen LogP) is 1.79. The highest BCUT2D eigenvalue weighted by molar-refractivity contribution is 6.30. The summed E-state index contributed by atoms with van der Waals surface area (Å²) in [5, 5.41) is 3.66. The molecule has 1 aliphatic rings. The SMILES string of the molecule is C[C@@H]1OC[C@@H](Cc2ccc(Cl)cc2)NC1=O. The Kier molecular flexibility index (Phi) is 3.46. The van der Waals surface area contributed by atoms with Gasteiger partial charge in [-0.15, -0.1) is 0 Å². The molecule has 0 aromatic heterocycles. The molecule has 16 heavy (non-hydrogen) atoms. The van der Waals surface area contributed by atoms with Crippen LogP contribution >= 0.6 is 11.6 Å². The molecule has 0 saturated carbocycles. The number of amides is 1. The molecular weight excluding hydrogens is 226 g/mol. The van der Waals surface area contributed by atoms with E-state index in [4.69, 9.17) is 16.3 Å². The summed E-state index contributed by atoms with van der Waals surface area (Å²) in [6, 6.07) is 7.69. The van der Waals surface area contributed by atoms with Crippen molar-refractivity contribution in [1.82, 2.24) is 5.32 Å². The number of ether oxygens (including phenoxy) is 1. The lowest BCUT2D eigenvalue weighted by atomic mass is 10.1. The Hall–Kier alpha value is -1.06. The van der Waals surface area contributed by atoms with Gasteiger partial charge in [-0.05, 0) is 31.0 Å². The first-order valence-electron chi connectivity index (χ1n) is 5.31. The molecule has 1 fully saturated rings. The van der Waals surface area contributed by atoms with E-state index in [0.717, 1.165) is 17.0 Å². The van der Waals surface area contributed by atoms with Crippen molar-refractivity contribution in [2.45, 2.75) is 25.5 Å². The molecule has 0 unspecified atom stereocenters. The number of nitrogens with one attached hydrogen (secondary N) is 1. The van der Waals surface area contributed by atoms with Gasteiger partial charge in [0, 0.05) is 5.02 Å². The number of carbonyl (C=O) groups is 1. The molecule has 1 saturated heterocycles. The number of benzene rings is 1. The highest BCUT2D eigenvalue weighted by Gasteiger charge is 2.24. The summed E-state index contributed by atoms with van der Waals surface area (Å²) >= 11 is 5.80. The van der Waals surface area contributed by atoms with Gasteiger partial charge in [0.2, 0.25) is 5.91 Å². The van der Waals surface area contributed by atoms with Gasteiger partial charge >= 0.3 is 0 Å². The standard InChI is InChI=1S/C12H14ClNO2/c1-8-12(15)14-11(7-16-8)6-9-2-4-10(13)5-3-9/h2-5,8,11H,6-7H2,1H3,(H,14,15)/t8-,11+/m0/s1. The van der Waals surface area contributed by atoms with Gasteiger partial charge in [-0.3, -0.25) is 4.79 Å². The zero-order valence-electron chi connectivity index (χ0n) is 9.07. The van der Waals surface area contributed by atoms with Crippen molar-refractivity contribution < 1.29 is 9.53 Å². The first kappa shape index (κ1) is 11.4. The van der Waals surface area contributed by atoms with Crippen LogP contribution in [0.15, 0.2) is 24.3 Å². The predicted molar refractivity (Wildman–Crippen MR) is 62.5 cm³/mol. The van der Waals surface area contributed by atoms with Crippen LogP contribution in [-0.4, -0.2) is 24.7 Å². The minimum atomic E-state index is -0.332. The Morgan fingerprint density at radius 2 is 2.12 bits per heavy atom. The second-order valence-electron chi connectivity index (χ2n) is 4.01. The highest BCUT2D eigenvalue weighted by Crippen LogP contribution is 2.13. The average molecular weight is 240 g/mol. The molecule has 0 spiro atoms. The monoisotopic (exact) mass is 239 g/mol. The van der Waals surface area contributed by atoms with E-state index in [9.17, 15) is 4.79 Å². The molecule has 1 aromatic rings. The van der Waals surface area contributed by atoms with Crippen LogP contribution in [-0.2, 0) is 16.0 Å². The summed E-state index contributed by atoms with van der Waals surface area (Å²) in [5.41, 5.74) is 1.15. The zero-order valence-corrected chi connectivity index (χ0v) is 9.83. The van der Waals surface area contributed by atoms with Crippen LogP contribution in [0.5, 0.6) is 0 Å². The van der Waals surface area contributed by atoms with Crippen LogP contribution in [0.4, 0.5) is 0 Å². The van der Waals surface area contributed by atoms with Crippen molar-refractivity contribution in [2.24, 2.45) is 0 Å². The summed E-state index contributed by atoms with van der Waals surface area (Å²) in [4.78, 5) is 11.4. The van der Waals surface area contributed by atoms with Crippen molar-refractivity contribution in [3.63, 3.8) is 0 Å². The summed E-state index contributed by atoms with van der Waals surface area (Å²) in [5.74, 6) is -0.0368. The first-order valence-corrected chi connectivity index (χ1v) is 5.69. The van der Waals surface area contributed by atoms with Crippen molar-refractivity contribution in [3.05, 3.63) is 34.9 Å². The smallest absolute Gasteiger partial charge is 0.249 e. The Labute approximate surface area is 99.7 Å². The van der Waals surface area contributed by atoms with Crippen LogP contribution in [0, 0.1) is 0 Å². The van der Waals surface area contributed by atoms with Gasteiger partial charge in [0.05, 0.1) is 12.6 Å². The van der Waals surface area contributed by atoms with Gasteiger partial charge < -0.3 is 10.1 Å². The van der Waals surface area contributed by atoms with Gasteiger partial charge in [-0.25, -0.2) is 0 Å². The molecule has 1 amide bonds. The molecular formula is C12H14ClNO2. The van der Waals surface area contributed by atoms with Gasteiger partial charge in [0.15, 0.2) is 0 Å². The van der Waals surface area contributed by atoms with E-state index in [0.29, 0.717) is 6.61 Å². The lowest BCUT2D eigenvalue weighted by molar-refractivity contribution is -0.139. The molecule has 86 valence electrons.